The van der Waals surface area contributed by atoms with E-state index in [1.165, 1.54) is 10.4 Å². The van der Waals surface area contributed by atoms with Crippen LogP contribution in [0.3, 0.4) is 0 Å². The van der Waals surface area contributed by atoms with Gasteiger partial charge in [-0.3, -0.25) is 0 Å². The van der Waals surface area contributed by atoms with Gasteiger partial charge in [0, 0.05) is 10.6 Å². The Morgan fingerprint density at radius 3 is 2.53 bits per heavy atom. The Labute approximate surface area is 120 Å². The van der Waals surface area contributed by atoms with Crippen LogP contribution in [0, 0.1) is 27.7 Å². The van der Waals surface area contributed by atoms with Crippen molar-refractivity contribution in [1.29, 1.82) is 0 Å². The highest BCUT2D eigenvalue weighted by molar-refractivity contribution is 7.18. The van der Waals surface area contributed by atoms with E-state index in [1.807, 2.05) is 18.5 Å². The molecule has 0 fully saturated rings. The normalized spacial score (nSPS) is 11.4. The molecule has 0 unspecified atom stereocenters. The van der Waals surface area contributed by atoms with Crippen LogP contribution in [0.25, 0.3) is 16.0 Å². The summed E-state index contributed by atoms with van der Waals surface area (Å²) in [6, 6.07) is 2.08. The molecule has 0 spiro atoms. The maximum Gasteiger partial charge on any atom is 0.225 e. The summed E-state index contributed by atoms with van der Waals surface area (Å²) >= 11 is 7.64. The summed E-state index contributed by atoms with van der Waals surface area (Å²) in [4.78, 5) is 10.7. The molecule has 0 N–H and O–H groups in total. The maximum atomic E-state index is 6.03. The number of thiophene rings is 1. The van der Waals surface area contributed by atoms with Crippen molar-refractivity contribution in [1.82, 2.24) is 19.7 Å². The minimum atomic E-state index is 0.259. The summed E-state index contributed by atoms with van der Waals surface area (Å²) in [5, 5.41) is 5.81. The van der Waals surface area contributed by atoms with Gasteiger partial charge in [0.05, 0.1) is 11.1 Å². The Balaban J connectivity index is 2.38. The number of halogens is 1. The van der Waals surface area contributed by atoms with Gasteiger partial charge < -0.3 is 0 Å². The molecule has 0 saturated carbocycles. The summed E-state index contributed by atoms with van der Waals surface area (Å²) in [6.07, 6.45) is 0. The first kappa shape index (κ1) is 12.6. The van der Waals surface area contributed by atoms with Crippen LogP contribution in [-0.4, -0.2) is 19.7 Å². The second kappa shape index (κ2) is 4.28. The highest BCUT2D eigenvalue weighted by Crippen LogP contribution is 2.29. The van der Waals surface area contributed by atoms with Gasteiger partial charge in [-0.05, 0) is 50.9 Å². The molecular weight excluding hydrogens is 280 g/mol. The predicted molar refractivity (Wildman–Crippen MR) is 78.5 cm³/mol. The quantitative estimate of drug-likeness (QED) is 0.641. The SMILES string of the molecule is Cc1cc2c(-n3nc(C)c(C)c3C)nc(Cl)nc2s1. The van der Waals surface area contributed by atoms with Crippen LogP contribution in [0.2, 0.25) is 5.28 Å². The molecule has 0 radical (unpaired) electrons. The van der Waals surface area contributed by atoms with Gasteiger partial charge >= 0.3 is 0 Å². The van der Waals surface area contributed by atoms with E-state index in [4.69, 9.17) is 11.6 Å². The molecule has 19 heavy (non-hydrogen) atoms. The topological polar surface area (TPSA) is 43.6 Å². The number of nitrogens with zero attached hydrogens (tertiary/aromatic N) is 4. The molecule has 0 bridgehead atoms. The van der Waals surface area contributed by atoms with Crippen molar-refractivity contribution in [2.75, 3.05) is 0 Å². The molecule has 0 atom stereocenters. The summed E-state index contributed by atoms with van der Waals surface area (Å²) in [7, 11) is 0. The van der Waals surface area contributed by atoms with Gasteiger partial charge in [-0.25, -0.2) is 9.67 Å². The predicted octanol–water partition coefficient (Wildman–Crippen LogP) is 3.76. The van der Waals surface area contributed by atoms with E-state index in [1.54, 1.807) is 11.3 Å². The zero-order valence-corrected chi connectivity index (χ0v) is 12.7. The molecule has 3 heterocycles. The lowest BCUT2D eigenvalue weighted by molar-refractivity contribution is 0.810. The van der Waals surface area contributed by atoms with Crippen molar-refractivity contribution in [3.8, 4) is 5.82 Å². The van der Waals surface area contributed by atoms with Gasteiger partial charge in [-0.1, -0.05) is 0 Å². The lowest BCUT2D eigenvalue weighted by atomic mass is 10.2. The number of hydrogen-bond donors (Lipinski definition) is 0. The van der Waals surface area contributed by atoms with Crippen molar-refractivity contribution < 1.29 is 0 Å². The molecule has 3 aromatic heterocycles. The van der Waals surface area contributed by atoms with E-state index in [-0.39, 0.29) is 5.28 Å². The first-order chi connectivity index (χ1) is 8.97. The molecule has 0 aliphatic heterocycles. The van der Waals surface area contributed by atoms with Crippen molar-refractivity contribution in [3.63, 3.8) is 0 Å². The van der Waals surface area contributed by atoms with Crippen molar-refractivity contribution in [2.24, 2.45) is 0 Å². The van der Waals surface area contributed by atoms with E-state index in [0.717, 1.165) is 27.4 Å². The third-order valence-corrected chi connectivity index (χ3v) is 4.44. The second-order valence-corrected chi connectivity index (χ2v) is 6.17. The van der Waals surface area contributed by atoms with Crippen molar-refractivity contribution >= 4 is 33.2 Å². The molecule has 6 heteroatoms. The van der Waals surface area contributed by atoms with E-state index in [9.17, 15) is 0 Å². The molecule has 0 aliphatic carbocycles. The first-order valence-electron chi connectivity index (χ1n) is 5.94. The molecule has 0 saturated heterocycles. The Morgan fingerprint density at radius 2 is 1.89 bits per heavy atom. The van der Waals surface area contributed by atoms with Crippen LogP contribution in [-0.2, 0) is 0 Å². The lowest BCUT2D eigenvalue weighted by Gasteiger charge is -2.05. The largest absolute Gasteiger partial charge is 0.225 e. The average Bonchev–Trinajstić information content (AvgIpc) is 2.83. The standard InChI is InChI=1S/C13H13ClN4S/c1-6-5-10-11(15-13(14)16-12(10)19-6)18-9(4)7(2)8(3)17-18/h5H,1-4H3. The fourth-order valence-corrected chi connectivity index (χ4v) is 3.18. The van der Waals surface area contributed by atoms with E-state index in [2.05, 4.69) is 35.0 Å². The van der Waals surface area contributed by atoms with E-state index in [0.29, 0.717) is 0 Å². The van der Waals surface area contributed by atoms with Gasteiger partial charge in [0.2, 0.25) is 5.28 Å². The third-order valence-electron chi connectivity index (χ3n) is 3.32. The zero-order chi connectivity index (χ0) is 13.7. The zero-order valence-electron chi connectivity index (χ0n) is 11.2. The van der Waals surface area contributed by atoms with Crippen LogP contribution in [0.1, 0.15) is 21.8 Å². The van der Waals surface area contributed by atoms with Gasteiger partial charge in [-0.2, -0.15) is 10.1 Å². The summed E-state index contributed by atoms with van der Waals surface area (Å²) in [5.41, 5.74) is 3.26. The van der Waals surface area contributed by atoms with Crippen molar-refractivity contribution in [2.45, 2.75) is 27.7 Å². The fraction of sp³-hybridized carbons (Fsp3) is 0.308. The number of rotatable bonds is 1. The Hall–Kier alpha value is -1.46. The Morgan fingerprint density at radius 1 is 1.16 bits per heavy atom. The molecule has 0 aromatic carbocycles. The van der Waals surface area contributed by atoms with E-state index >= 15 is 0 Å². The minimum absolute atomic E-state index is 0.259. The highest BCUT2D eigenvalue weighted by Gasteiger charge is 2.16. The van der Waals surface area contributed by atoms with Crippen LogP contribution in [0.15, 0.2) is 6.07 Å². The third kappa shape index (κ3) is 1.93. The van der Waals surface area contributed by atoms with Crippen LogP contribution in [0.4, 0.5) is 0 Å². The van der Waals surface area contributed by atoms with Gasteiger partial charge in [0.1, 0.15) is 4.83 Å². The molecule has 0 amide bonds. The minimum Gasteiger partial charge on any atom is -0.218 e. The van der Waals surface area contributed by atoms with Gasteiger partial charge in [-0.15, -0.1) is 11.3 Å². The Bertz CT molecular complexity index is 788. The fourth-order valence-electron chi connectivity index (χ4n) is 2.09. The smallest absolute Gasteiger partial charge is 0.218 e. The molecule has 0 aliphatic rings. The molecule has 98 valence electrons. The number of fused-ring (bicyclic) bond motifs is 1. The summed E-state index contributed by atoms with van der Waals surface area (Å²) in [5.74, 6) is 0.757. The molecular formula is C13H13ClN4S. The van der Waals surface area contributed by atoms with Crippen molar-refractivity contribution in [3.05, 3.63) is 33.2 Å². The van der Waals surface area contributed by atoms with E-state index < -0.39 is 0 Å². The maximum absolute atomic E-state index is 6.03. The lowest BCUT2D eigenvalue weighted by Crippen LogP contribution is -2.03. The number of hydrogen-bond acceptors (Lipinski definition) is 4. The van der Waals surface area contributed by atoms with Crippen LogP contribution in [0.5, 0.6) is 0 Å². The second-order valence-electron chi connectivity index (χ2n) is 4.60. The first-order valence-corrected chi connectivity index (χ1v) is 7.13. The van der Waals surface area contributed by atoms with Gasteiger partial charge in [0.15, 0.2) is 5.82 Å². The molecule has 3 rings (SSSR count). The Kier molecular flexibility index (Phi) is 2.83. The monoisotopic (exact) mass is 292 g/mol. The average molecular weight is 293 g/mol. The molecule has 3 aromatic rings. The summed E-state index contributed by atoms with van der Waals surface area (Å²) < 4.78 is 1.85. The van der Waals surface area contributed by atoms with Crippen LogP contribution < -0.4 is 0 Å². The molecule has 4 nitrogen and oxygen atoms in total. The number of aryl methyl sites for hydroxylation is 2. The highest BCUT2D eigenvalue weighted by atomic mass is 35.5. The van der Waals surface area contributed by atoms with Crippen LogP contribution >= 0.6 is 22.9 Å². The number of aromatic nitrogens is 4. The summed E-state index contributed by atoms with van der Waals surface area (Å²) in [6.45, 7) is 8.15. The van der Waals surface area contributed by atoms with Gasteiger partial charge in [0.25, 0.3) is 0 Å².